The number of nitrogens with zero attached hydrogens (tertiary/aromatic N) is 4. The van der Waals surface area contributed by atoms with Gasteiger partial charge in [-0.15, -0.1) is 0 Å². The molecule has 3 aromatic heterocycles. The van der Waals surface area contributed by atoms with E-state index < -0.39 is 22.8 Å². The SMILES string of the molecule is CCOC(=O)C(C)(C)C1CCC(O)(c2cn(-c3cc(C)cc(Nc4cc(C(F)(F)F)ccn4)n3)cn2)CC1. The molecule has 2 N–H and O–H groups in total. The van der Waals surface area contributed by atoms with Crippen LogP contribution in [-0.2, 0) is 21.3 Å². The molecule has 204 valence electrons. The van der Waals surface area contributed by atoms with Gasteiger partial charge in [-0.05, 0) is 89.1 Å². The monoisotopic (exact) mass is 531 g/mol. The largest absolute Gasteiger partial charge is 0.466 e. The van der Waals surface area contributed by atoms with Gasteiger partial charge in [0.15, 0.2) is 0 Å². The number of nitrogens with one attached hydrogen (secondary N) is 1. The van der Waals surface area contributed by atoms with Gasteiger partial charge in [0.2, 0.25) is 0 Å². The van der Waals surface area contributed by atoms with Crippen molar-refractivity contribution >= 4 is 17.6 Å². The zero-order valence-corrected chi connectivity index (χ0v) is 21.8. The molecule has 0 amide bonds. The van der Waals surface area contributed by atoms with Crippen LogP contribution >= 0.6 is 0 Å². The summed E-state index contributed by atoms with van der Waals surface area (Å²) >= 11 is 0. The number of hydrogen-bond acceptors (Lipinski definition) is 7. The van der Waals surface area contributed by atoms with Gasteiger partial charge < -0.3 is 15.2 Å². The van der Waals surface area contributed by atoms with Crippen molar-refractivity contribution in [1.29, 1.82) is 0 Å². The van der Waals surface area contributed by atoms with Crippen LogP contribution in [-0.4, -0.2) is 37.2 Å². The minimum absolute atomic E-state index is 0.0204. The van der Waals surface area contributed by atoms with Gasteiger partial charge in [0, 0.05) is 12.4 Å². The maximum atomic E-state index is 13.1. The Morgan fingerprint density at radius 1 is 1.18 bits per heavy atom. The van der Waals surface area contributed by atoms with Crippen molar-refractivity contribution in [3.63, 3.8) is 0 Å². The molecule has 11 heteroatoms. The van der Waals surface area contributed by atoms with E-state index in [9.17, 15) is 23.1 Å². The van der Waals surface area contributed by atoms with Crippen molar-refractivity contribution in [1.82, 2.24) is 19.5 Å². The molecule has 1 aliphatic rings. The molecule has 1 saturated carbocycles. The van der Waals surface area contributed by atoms with E-state index in [1.807, 2.05) is 20.8 Å². The molecule has 0 bridgehead atoms. The third-order valence-electron chi connectivity index (χ3n) is 7.26. The van der Waals surface area contributed by atoms with E-state index >= 15 is 0 Å². The van der Waals surface area contributed by atoms with E-state index in [-0.39, 0.29) is 17.7 Å². The highest BCUT2D eigenvalue weighted by Gasteiger charge is 2.45. The Morgan fingerprint density at radius 3 is 2.55 bits per heavy atom. The molecule has 0 atom stereocenters. The van der Waals surface area contributed by atoms with Crippen LogP contribution in [0.1, 0.15) is 63.3 Å². The second-order valence-corrected chi connectivity index (χ2v) is 10.4. The second-order valence-electron chi connectivity index (χ2n) is 10.4. The predicted molar refractivity (Wildman–Crippen MR) is 135 cm³/mol. The number of aryl methyl sites for hydroxylation is 1. The fourth-order valence-corrected chi connectivity index (χ4v) is 4.90. The Bertz CT molecular complexity index is 1300. The predicted octanol–water partition coefficient (Wildman–Crippen LogP) is 5.70. The van der Waals surface area contributed by atoms with E-state index in [2.05, 4.69) is 20.3 Å². The molecule has 3 heterocycles. The number of hydrogen-bond donors (Lipinski definition) is 2. The summed E-state index contributed by atoms with van der Waals surface area (Å²) in [5.41, 5.74) is -1.27. The van der Waals surface area contributed by atoms with Gasteiger partial charge in [0.05, 0.1) is 23.3 Å². The van der Waals surface area contributed by atoms with E-state index in [0.717, 1.165) is 23.9 Å². The summed E-state index contributed by atoms with van der Waals surface area (Å²) in [6.45, 7) is 7.73. The lowest BCUT2D eigenvalue weighted by atomic mass is 9.67. The highest BCUT2D eigenvalue weighted by atomic mass is 19.4. The van der Waals surface area contributed by atoms with E-state index in [0.29, 0.717) is 49.6 Å². The summed E-state index contributed by atoms with van der Waals surface area (Å²) in [5.74, 6) is 0.684. The average molecular weight is 532 g/mol. The number of pyridine rings is 2. The number of carbonyl (C=O) groups excluding carboxylic acids is 1. The molecule has 4 rings (SSSR count). The number of imidazole rings is 1. The number of carbonyl (C=O) groups is 1. The van der Waals surface area contributed by atoms with Crippen molar-refractivity contribution in [2.75, 3.05) is 11.9 Å². The smallest absolute Gasteiger partial charge is 0.416 e. The van der Waals surface area contributed by atoms with Crippen molar-refractivity contribution in [3.05, 3.63) is 59.8 Å². The normalized spacial score (nSPS) is 20.3. The van der Waals surface area contributed by atoms with Gasteiger partial charge in [0.1, 0.15) is 29.4 Å². The first-order valence-corrected chi connectivity index (χ1v) is 12.6. The van der Waals surface area contributed by atoms with Crippen LogP contribution in [0.15, 0.2) is 43.0 Å². The van der Waals surface area contributed by atoms with Crippen LogP contribution in [0.3, 0.4) is 0 Å². The molecular weight excluding hydrogens is 499 g/mol. The third-order valence-corrected chi connectivity index (χ3v) is 7.26. The van der Waals surface area contributed by atoms with E-state index in [1.165, 1.54) is 0 Å². The number of alkyl halides is 3. The summed E-state index contributed by atoms with van der Waals surface area (Å²) < 4.78 is 46.1. The fourth-order valence-electron chi connectivity index (χ4n) is 4.90. The number of halogens is 3. The van der Waals surface area contributed by atoms with Gasteiger partial charge in [-0.25, -0.2) is 15.0 Å². The molecule has 3 aromatic rings. The molecule has 1 fully saturated rings. The number of esters is 1. The van der Waals surface area contributed by atoms with E-state index in [4.69, 9.17) is 4.74 Å². The first-order chi connectivity index (χ1) is 17.8. The average Bonchev–Trinajstić information content (AvgIpc) is 3.35. The standard InChI is InChI=1S/C27H32F3N5O3/c1-5-38-24(36)25(3,4)18-6-9-26(37,10-7-18)20-15-35(16-32-20)23-13-17(2)12-22(34-23)33-21-14-19(8-11-31-21)27(28,29)30/h8,11-16,18,37H,5-7,9-10H2,1-4H3,(H,31,33,34). The van der Waals surface area contributed by atoms with Crippen LogP contribution in [0.25, 0.3) is 5.82 Å². The molecule has 0 unspecified atom stereocenters. The van der Waals surface area contributed by atoms with Crippen molar-refractivity contribution in [3.8, 4) is 5.82 Å². The van der Waals surface area contributed by atoms with Crippen LogP contribution < -0.4 is 5.32 Å². The minimum atomic E-state index is -4.48. The van der Waals surface area contributed by atoms with Crippen molar-refractivity contribution in [2.24, 2.45) is 11.3 Å². The quantitative estimate of drug-likeness (QED) is 0.377. The van der Waals surface area contributed by atoms with Gasteiger partial charge in [-0.2, -0.15) is 13.2 Å². The zero-order valence-electron chi connectivity index (χ0n) is 21.8. The molecule has 1 aliphatic carbocycles. The molecule has 0 saturated heterocycles. The highest BCUT2D eigenvalue weighted by molar-refractivity contribution is 5.76. The van der Waals surface area contributed by atoms with Gasteiger partial charge >= 0.3 is 12.1 Å². The summed E-state index contributed by atoms with van der Waals surface area (Å²) in [7, 11) is 0. The Kier molecular flexibility index (Phi) is 7.51. The number of anilines is 2. The topological polar surface area (TPSA) is 102 Å². The lowest BCUT2D eigenvalue weighted by Crippen LogP contribution is -2.41. The van der Waals surface area contributed by atoms with Gasteiger partial charge in [0.25, 0.3) is 0 Å². The summed E-state index contributed by atoms with van der Waals surface area (Å²) in [6.07, 6.45) is 2.07. The lowest BCUT2D eigenvalue weighted by molar-refractivity contribution is -0.159. The Balaban J connectivity index is 1.50. The Labute approximate surface area is 219 Å². The fraction of sp³-hybridized carbons (Fsp3) is 0.481. The van der Waals surface area contributed by atoms with Crippen molar-refractivity contribution in [2.45, 2.75) is 65.2 Å². The lowest BCUT2D eigenvalue weighted by Gasteiger charge is -2.40. The zero-order chi connectivity index (χ0) is 27.7. The maximum Gasteiger partial charge on any atom is 0.416 e. The Morgan fingerprint density at radius 2 is 1.89 bits per heavy atom. The van der Waals surface area contributed by atoms with E-state index in [1.54, 1.807) is 36.1 Å². The summed E-state index contributed by atoms with van der Waals surface area (Å²) in [4.78, 5) is 25.3. The van der Waals surface area contributed by atoms with Gasteiger partial charge in [-0.3, -0.25) is 9.36 Å². The van der Waals surface area contributed by atoms with Gasteiger partial charge in [-0.1, -0.05) is 0 Å². The molecule has 0 aromatic carbocycles. The maximum absolute atomic E-state index is 13.1. The highest BCUT2D eigenvalue weighted by Crippen LogP contribution is 2.46. The summed E-state index contributed by atoms with van der Waals surface area (Å²) in [6, 6.07) is 5.33. The van der Waals surface area contributed by atoms with Crippen LogP contribution in [0.2, 0.25) is 0 Å². The molecule has 0 aliphatic heterocycles. The van der Waals surface area contributed by atoms with Crippen LogP contribution in [0.5, 0.6) is 0 Å². The number of aliphatic hydroxyl groups is 1. The first kappa shape index (κ1) is 27.6. The number of ether oxygens (including phenoxy) is 1. The molecule has 8 nitrogen and oxygen atoms in total. The molecule has 0 spiro atoms. The minimum Gasteiger partial charge on any atom is -0.466 e. The van der Waals surface area contributed by atoms with Crippen LogP contribution in [0, 0.1) is 18.3 Å². The number of rotatable bonds is 7. The molecule has 38 heavy (non-hydrogen) atoms. The van der Waals surface area contributed by atoms with Crippen molar-refractivity contribution < 1.29 is 27.8 Å². The molecular formula is C27H32F3N5O3. The Hall–Kier alpha value is -3.47. The third kappa shape index (κ3) is 5.82. The number of aromatic nitrogens is 4. The first-order valence-electron chi connectivity index (χ1n) is 12.6. The summed E-state index contributed by atoms with van der Waals surface area (Å²) in [5, 5.41) is 14.2. The molecule has 0 radical (unpaired) electrons. The second kappa shape index (κ2) is 10.4. The van der Waals surface area contributed by atoms with Crippen LogP contribution in [0.4, 0.5) is 24.8 Å².